The molecule has 0 fully saturated rings. The van der Waals surface area contributed by atoms with Crippen LogP contribution in [-0.2, 0) is 24.3 Å². The van der Waals surface area contributed by atoms with Crippen LogP contribution in [0, 0.1) is 0 Å². The molecular weight excluding hydrogens is 748 g/mol. The fourth-order valence-electron chi connectivity index (χ4n) is 6.58. The molecule has 0 saturated heterocycles. The Labute approximate surface area is 315 Å². The molecule has 8 rings (SSSR count). The summed E-state index contributed by atoms with van der Waals surface area (Å²) in [5, 5.41) is 22.2. The Kier molecular flexibility index (Phi) is 12.0. The van der Waals surface area contributed by atoms with Gasteiger partial charge in [0.1, 0.15) is 0 Å². The second kappa shape index (κ2) is 17.0. The van der Waals surface area contributed by atoms with Gasteiger partial charge >= 0.3 is 19.5 Å². The van der Waals surface area contributed by atoms with Gasteiger partial charge in [-0.05, 0) is 87.3 Å². The standard InChI is InChI=1S/C44H32P2.C2H4O2.Ru/c1-5-19-35(20-6-1)45(36-21-7-2-8-22-36)41-31-29-33-17-13-15-27-39(33)43(41)44-40-28-16-14-18-34(40)30-32-42(44)46(37-23-9-3-10-24-37)38-25-11-4-12-26-38;1-2(3)4;/h1-32H;1H3,(H,3,4);/q;;+1/p-1. The van der Waals surface area contributed by atoms with Crippen LogP contribution in [0.25, 0.3) is 32.7 Å². The SMILES string of the molecule is CC(=O)[O-].[Ru+].c1ccc(P(c2ccccc2)c2ccc3ccccc3c2-c2c(P(c3ccccc3)c3ccccc3)ccc3ccccc23)cc1. The first-order valence-electron chi connectivity index (χ1n) is 16.6. The summed E-state index contributed by atoms with van der Waals surface area (Å²) in [5.41, 5.74) is 2.70. The van der Waals surface area contributed by atoms with Gasteiger partial charge in [0.25, 0.3) is 0 Å². The zero-order valence-electron chi connectivity index (χ0n) is 28.0. The number of fused-ring (bicyclic) bond motifs is 2. The number of hydrogen-bond acceptors (Lipinski definition) is 2. The van der Waals surface area contributed by atoms with Crippen LogP contribution < -0.4 is 36.9 Å². The van der Waals surface area contributed by atoms with Crippen LogP contribution in [0.2, 0.25) is 0 Å². The minimum atomic E-state index is -1.08. The third-order valence-corrected chi connectivity index (χ3v) is 13.6. The van der Waals surface area contributed by atoms with Gasteiger partial charge in [-0.3, -0.25) is 0 Å². The predicted molar refractivity (Wildman–Crippen MR) is 215 cm³/mol. The molecule has 0 spiro atoms. The molecule has 8 aromatic rings. The minimum absolute atomic E-state index is 0. The number of hydrogen-bond donors (Lipinski definition) is 0. The summed E-state index contributed by atoms with van der Waals surface area (Å²) >= 11 is 0. The normalized spacial score (nSPS) is 10.8. The summed E-state index contributed by atoms with van der Waals surface area (Å²) in [6.45, 7) is 0.972. The summed E-state index contributed by atoms with van der Waals surface area (Å²) in [6.07, 6.45) is 0. The van der Waals surface area contributed by atoms with Gasteiger partial charge < -0.3 is 9.90 Å². The van der Waals surface area contributed by atoms with Crippen LogP contribution in [0.4, 0.5) is 0 Å². The van der Waals surface area contributed by atoms with E-state index in [-0.39, 0.29) is 19.5 Å². The van der Waals surface area contributed by atoms with Crippen molar-refractivity contribution in [2.45, 2.75) is 6.92 Å². The maximum Gasteiger partial charge on any atom is 1.00 e. The molecule has 0 aromatic heterocycles. The van der Waals surface area contributed by atoms with E-state index >= 15 is 0 Å². The molecule has 0 aliphatic carbocycles. The first-order chi connectivity index (χ1) is 24.6. The van der Waals surface area contributed by atoms with Crippen molar-refractivity contribution in [2.24, 2.45) is 0 Å². The van der Waals surface area contributed by atoms with E-state index < -0.39 is 21.8 Å². The Morgan fingerprint density at radius 2 is 0.647 bits per heavy atom. The minimum Gasteiger partial charge on any atom is -0.550 e. The smallest absolute Gasteiger partial charge is 0.550 e. The largest absolute Gasteiger partial charge is 1.00 e. The van der Waals surface area contributed by atoms with E-state index in [4.69, 9.17) is 9.90 Å². The van der Waals surface area contributed by atoms with Gasteiger partial charge in [-0.1, -0.05) is 194 Å². The summed E-state index contributed by atoms with van der Waals surface area (Å²) < 4.78 is 0. The van der Waals surface area contributed by atoms with E-state index in [1.807, 2.05) is 0 Å². The van der Waals surface area contributed by atoms with Crippen molar-refractivity contribution in [1.29, 1.82) is 0 Å². The molecule has 0 unspecified atom stereocenters. The number of carboxylic acid groups (broad SMARTS) is 1. The average Bonchev–Trinajstić information content (AvgIpc) is 3.16. The molecule has 8 aromatic carbocycles. The third kappa shape index (κ3) is 7.93. The van der Waals surface area contributed by atoms with E-state index in [9.17, 15) is 0 Å². The zero-order valence-corrected chi connectivity index (χ0v) is 31.6. The monoisotopic (exact) mass is 783 g/mol. The van der Waals surface area contributed by atoms with Crippen LogP contribution >= 0.6 is 15.8 Å². The van der Waals surface area contributed by atoms with Crippen LogP contribution in [0.3, 0.4) is 0 Å². The van der Waals surface area contributed by atoms with Gasteiger partial charge in [-0.15, -0.1) is 0 Å². The molecule has 5 heteroatoms. The molecule has 0 bridgehead atoms. The topological polar surface area (TPSA) is 40.1 Å². The number of carbonyl (C=O) groups is 1. The Balaban J connectivity index is 0.000000853. The number of benzene rings is 8. The van der Waals surface area contributed by atoms with Crippen molar-refractivity contribution in [3.8, 4) is 11.1 Å². The number of carbonyl (C=O) groups excluding carboxylic acids is 1. The quantitative estimate of drug-likeness (QED) is 0.122. The Morgan fingerprint density at radius 1 is 0.392 bits per heavy atom. The first kappa shape index (κ1) is 36.0. The van der Waals surface area contributed by atoms with Gasteiger partial charge in [0.05, 0.1) is 0 Å². The van der Waals surface area contributed by atoms with Gasteiger partial charge in [-0.2, -0.15) is 0 Å². The third-order valence-electron chi connectivity index (χ3n) is 8.60. The van der Waals surface area contributed by atoms with E-state index in [1.54, 1.807) is 0 Å². The van der Waals surface area contributed by atoms with Crippen molar-refractivity contribution in [3.05, 3.63) is 194 Å². The van der Waals surface area contributed by atoms with Crippen LogP contribution in [0.15, 0.2) is 194 Å². The molecule has 249 valence electrons. The predicted octanol–water partition coefficient (Wildman–Crippen LogP) is 7.93. The van der Waals surface area contributed by atoms with Gasteiger partial charge in [0.15, 0.2) is 0 Å². The van der Waals surface area contributed by atoms with Crippen LogP contribution in [0.1, 0.15) is 6.92 Å². The summed E-state index contributed by atoms with van der Waals surface area (Å²) in [4.78, 5) is 8.89. The molecule has 0 atom stereocenters. The molecule has 0 aliphatic heterocycles. The molecule has 0 aliphatic rings. The van der Waals surface area contributed by atoms with Crippen molar-refractivity contribution in [2.75, 3.05) is 0 Å². The maximum absolute atomic E-state index is 8.89. The molecular formula is C46H35O2P2Ru. The van der Waals surface area contributed by atoms with Gasteiger partial charge in [-0.25, -0.2) is 0 Å². The van der Waals surface area contributed by atoms with E-state index in [0.29, 0.717) is 0 Å². The van der Waals surface area contributed by atoms with Gasteiger partial charge in [0, 0.05) is 5.97 Å². The number of aliphatic carboxylic acids is 1. The van der Waals surface area contributed by atoms with E-state index in [2.05, 4.69) is 194 Å². The first-order valence-corrected chi connectivity index (χ1v) is 19.3. The van der Waals surface area contributed by atoms with Crippen LogP contribution in [0.5, 0.6) is 0 Å². The van der Waals surface area contributed by atoms with Crippen molar-refractivity contribution < 1.29 is 29.4 Å². The van der Waals surface area contributed by atoms with Crippen molar-refractivity contribution >= 4 is 75.2 Å². The zero-order chi connectivity index (χ0) is 34.3. The van der Waals surface area contributed by atoms with Crippen LogP contribution in [-0.4, -0.2) is 5.97 Å². The fourth-order valence-corrected chi connectivity index (χ4v) is 11.5. The average molecular weight is 783 g/mol. The molecule has 0 saturated carbocycles. The van der Waals surface area contributed by atoms with E-state index in [1.165, 1.54) is 64.5 Å². The van der Waals surface area contributed by atoms with Crippen molar-refractivity contribution in [1.82, 2.24) is 0 Å². The molecule has 51 heavy (non-hydrogen) atoms. The summed E-state index contributed by atoms with van der Waals surface area (Å²) in [5.74, 6) is -1.08. The Morgan fingerprint density at radius 3 is 0.941 bits per heavy atom. The second-order valence-corrected chi connectivity index (χ2v) is 16.2. The number of carboxylic acids is 1. The van der Waals surface area contributed by atoms with Crippen molar-refractivity contribution in [3.63, 3.8) is 0 Å². The molecule has 2 nitrogen and oxygen atoms in total. The second-order valence-electron chi connectivity index (χ2n) is 11.9. The molecule has 0 amide bonds. The molecule has 0 heterocycles. The Hall–Kier alpha value is -4.77. The summed E-state index contributed by atoms with van der Waals surface area (Å²) in [7, 11) is -1.70. The van der Waals surface area contributed by atoms with E-state index in [0.717, 1.165) is 6.92 Å². The Bertz CT molecular complexity index is 2120. The fraction of sp³-hybridized carbons (Fsp3) is 0.0217. The summed E-state index contributed by atoms with van der Waals surface area (Å²) in [6, 6.07) is 71.8. The maximum atomic E-state index is 8.89. The molecule has 1 radical (unpaired) electrons. The number of rotatable bonds is 7. The molecule has 0 N–H and O–H groups in total. The van der Waals surface area contributed by atoms with Gasteiger partial charge in [0.2, 0.25) is 0 Å².